The third-order valence-corrected chi connectivity index (χ3v) is 4.26. The van der Waals surface area contributed by atoms with Crippen LogP contribution in [0.2, 0.25) is 0 Å². The molecule has 2 aromatic carbocycles. The fraction of sp³-hybridized carbons (Fsp3) is 0.333. The number of rotatable bonds is 2. The zero-order chi connectivity index (χ0) is 12.5. The molecule has 0 bridgehead atoms. The van der Waals surface area contributed by atoms with E-state index in [1.54, 1.807) is 11.1 Å². The van der Waals surface area contributed by atoms with Crippen LogP contribution in [0, 0.1) is 0 Å². The van der Waals surface area contributed by atoms with Crippen molar-refractivity contribution in [2.24, 2.45) is 0 Å². The maximum Gasteiger partial charge on any atom is 0.00979 e. The van der Waals surface area contributed by atoms with Gasteiger partial charge in [0.25, 0.3) is 0 Å². The van der Waals surface area contributed by atoms with Crippen molar-refractivity contribution in [1.82, 2.24) is 0 Å². The van der Waals surface area contributed by atoms with Crippen LogP contribution in [0.5, 0.6) is 0 Å². The SMILES string of the molecule is CCc1ccc2c(c1)C(c1ccccc1)CC2C. The van der Waals surface area contributed by atoms with E-state index >= 15 is 0 Å². The van der Waals surface area contributed by atoms with Crippen LogP contribution in [0.25, 0.3) is 0 Å². The average molecular weight is 236 g/mol. The Labute approximate surface area is 110 Å². The number of hydrogen-bond donors (Lipinski definition) is 0. The van der Waals surface area contributed by atoms with Gasteiger partial charge in [0.1, 0.15) is 0 Å². The molecule has 0 fully saturated rings. The first-order valence-corrected chi connectivity index (χ1v) is 6.97. The van der Waals surface area contributed by atoms with Gasteiger partial charge in [-0.15, -0.1) is 0 Å². The first-order valence-electron chi connectivity index (χ1n) is 6.97. The summed E-state index contributed by atoms with van der Waals surface area (Å²) in [6.07, 6.45) is 2.38. The average Bonchev–Trinajstić information content (AvgIpc) is 2.76. The topological polar surface area (TPSA) is 0 Å². The second-order valence-electron chi connectivity index (χ2n) is 5.42. The van der Waals surface area contributed by atoms with Gasteiger partial charge >= 0.3 is 0 Å². The molecule has 0 nitrogen and oxygen atoms in total. The molecule has 0 heterocycles. The van der Waals surface area contributed by atoms with Crippen molar-refractivity contribution in [1.29, 1.82) is 0 Å². The molecule has 18 heavy (non-hydrogen) atoms. The molecule has 1 aliphatic rings. The molecule has 0 saturated carbocycles. The molecule has 2 aromatic rings. The lowest BCUT2D eigenvalue weighted by atomic mass is 9.92. The Balaban J connectivity index is 2.07. The van der Waals surface area contributed by atoms with E-state index in [0.29, 0.717) is 11.8 Å². The second kappa shape index (κ2) is 4.61. The van der Waals surface area contributed by atoms with Gasteiger partial charge in [0.05, 0.1) is 0 Å². The van der Waals surface area contributed by atoms with Gasteiger partial charge in [0.15, 0.2) is 0 Å². The van der Waals surface area contributed by atoms with E-state index in [-0.39, 0.29) is 0 Å². The summed E-state index contributed by atoms with van der Waals surface area (Å²) in [5.41, 5.74) is 6.05. The smallest absolute Gasteiger partial charge is 0.00979 e. The molecule has 0 spiro atoms. The minimum atomic E-state index is 0.600. The summed E-state index contributed by atoms with van der Waals surface area (Å²) in [5, 5.41) is 0. The van der Waals surface area contributed by atoms with Crippen LogP contribution in [0.4, 0.5) is 0 Å². The van der Waals surface area contributed by atoms with Crippen molar-refractivity contribution in [3.8, 4) is 0 Å². The number of fused-ring (bicyclic) bond motifs is 1. The molecule has 1 aliphatic carbocycles. The summed E-state index contributed by atoms with van der Waals surface area (Å²) < 4.78 is 0. The zero-order valence-electron chi connectivity index (χ0n) is 11.2. The quantitative estimate of drug-likeness (QED) is 0.696. The Bertz CT molecular complexity index is 539. The summed E-state index contributed by atoms with van der Waals surface area (Å²) in [6, 6.07) is 18.0. The van der Waals surface area contributed by atoms with Crippen LogP contribution >= 0.6 is 0 Å². The van der Waals surface area contributed by atoms with Crippen LogP contribution in [0.1, 0.15) is 54.4 Å². The predicted octanol–water partition coefficient (Wildman–Crippen LogP) is 4.89. The first kappa shape index (κ1) is 11.5. The minimum Gasteiger partial charge on any atom is -0.0622 e. The van der Waals surface area contributed by atoms with Gasteiger partial charge in [0.2, 0.25) is 0 Å². The molecular weight excluding hydrogens is 216 g/mol. The number of aryl methyl sites for hydroxylation is 1. The number of benzene rings is 2. The van der Waals surface area contributed by atoms with Gasteiger partial charge < -0.3 is 0 Å². The maximum absolute atomic E-state index is 2.43. The highest BCUT2D eigenvalue weighted by atomic mass is 14.3. The fourth-order valence-corrected chi connectivity index (χ4v) is 3.20. The highest BCUT2D eigenvalue weighted by Crippen LogP contribution is 2.45. The summed E-state index contributed by atoms with van der Waals surface area (Å²) >= 11 is 0. The van der Waals surface area contributed by atoms with Crippen molar-refractivity contribution in [2.45, 2.75) is 38.5 Å². The highest BCUT2D eigenvalue weighted by Gasteiger charge is 2.29. The molecule has 92 valence electrons. The van der Waals surface area contributed by atoms with Gasteiger partial charge in [-0.1, -0.05) is 62.4 Å². The Morgan fingerprint density at radius 3 is 2.50 bits per heavy atom. The van der Waals surface area contributed by atoms with Crippen molar-refractivity contribution in [3.05, 3.63) is 70.8 Å². The van der Waals surface area contributed by atoms with E-state index in [9.17, 15) is 0 Å². The van der Waals surface area contributed by atoms with Gasteiger partial charge in [0, 0.05) is 5.92 Å². The lowest BCUT2D eigenvalue weighted by molar-refractivity contribution is 0.686. The predicted molar refractivity (Wildman–Crippen MR) is 77.1 cm³/mol. The molecule has 2 unspecified atom stereocenters. The van der Waals surface area contributed by atoms with E-state index in [4.69, 9.17) is 0 Å². The standard InChI is InChI=1S/C18H20/c1-3-14-9-10-16-13(2)11-17(18(16)12-14)15-7-5-4-6-8-15/h4-10,12-13,17H,3,11H2,1-2H3. The maximum atomic E-state index is 2.43. The van der Waals surface area contributed by atoms with Crippen molar-refractivity contribution in [2.75, 3.05) is 0 Å². The van der Waals surface area contributed by atoms with E-state index in [1.165, 1.54) is 17.5 Å². The summed E-state index contributed by atoms with van der Waals surface area (Å²) in [5.74, 6) is 1.29. The van der Waals surface area contributed by atoms with E-state index in [0.717, 1.165) is 6.42 Å². The molecule has 0 N–H and O–H groups in total. The fourth-order valence-electron chi connectivity index (χ4n) is 3.20. The molecule has 0 aliphatic heterocycles. The van der Waals surface area contributed by atoms with Crippen LogP contribution in [-0.4, -0.2) is 0 Å². The lowest BCUT2D eigenvalue weighted by Gasteiger charge is -2.13. The Kier molecular flexibility index (Phi) is 2.95. The van der Waals surface area contributed by atoms with E-state index in [1.807, 2.05) is 0 Å². The van der Waals surface area contributed by atoms with Gasteiger partial charge in [-0.3, -0.25) is 0 Å². The zero-order valence-corrected chi connectivity index (χ0v) is 11.2. The van der Waals surface area contributed by atoms with E-state index in [2.05, 4.69) is 62.4 Å². The third kappa shape index (κ3) is 1.86. The Hall–Kier alpha value is -1.56. The normalized spacial score (nSPS) is 21.9. The summed E-state index contributed by atoms with van der Waals surface area (Å²) in [7, 11) is 0. The highest BCUT2D eigenvalue weighted by molar-refractivity contribution is 5.46. The molecule has 2 atom stereocenters. The molecule has 0 heteroatoms. The molecule has 0 saturated heterocycles. The molecule has 0 amide bonds. The molecule has 0 aromatic heterocycles. The van der Waals surface area contributed by atoms with Gasteiger partial charge in [-0.25, -0.2) is 0 Å². The first-order chi connectivity index (χ1) is 8.79. The van der Waals surface area contributed by atoms with Crippen LogP contribution in [-0.2, 0) is 6.42 Å². The van der Waals surface area contributed by atoms with Crippen molar-refractivity contribution >= 4 is 0 Å². The third-order valence-electron chi connectivity index (χ3n) is 4.26. The Morgan fingerprint density at radius 2 is 1.78 bits per heavy atom. The summed E-state index contributed by atoms with van der Waals surface area (Å²) in [4.78, 5) is 0. The van der Waals surface area contributed by atoms with Gasteiger partial charge in [-0.2, -0.15) is 0 Å². The molecule has 3 rings (SSSR count). The summed E-state index contributed by atoms with van der Waals surface area (Å²) in [6.45, 7) is 4.59. The van der Waals surface area contributed by atoms with Crippen LogP contribution < -0.4 is 0 Å². The van der Waals surface area contributed by atoms with Gasteiger partial charge in [-0.05, 0) is 41.0 Å². The van der Waals surface area contributed by atoms with E-state index < -0.39 is 0 Å². The minimum absolute atomic E-state index is 0.600. The van der Waals surface area contributed by atoms with Crippen LogP contribution in [0.3, 0.4) is 0 Å². The van der Waals surface area contributed by atoms with Crippen molar-refractivity contribution < 1.29 is 0 Å². The second-order valence-corrected chi connectivity index (χ2v) is 5.42. The Morgan fingerprint density at radius 1 is 1.00 bits per heavy atom. The monoisotopic (exact) mass is 236 g/mol. The number of hydrogen-bond acceptors (Lipinski definition) is 0. The molecular formula is C18H20. The molecule has 0 radical (unpaired) electrons. The largest absolute Gasteiger partial charge is 0.0622 e. The lowest BCUT2D eigenvalue weighted by Crippen LogP contribution is -1.96. The van der Waals surface area contributed by atoms with Crippen molar-refractivity contribution in [3.63, 3.8) is 0 Å². The van der Waals surface area contributed by atoms with Crippen LogP contribution in [0.15, 0.2) is 48.5 Å².